The third-order valence-corrected chi connectivity index (χ3v) is 7.44. The first-order valence-corrected chi connectivity index (χ1v) is 12.5. The van der Waals surface area contributed by atoms with Gasteiger partial charge in [0.15, 0.2) is 12.4 Å². The average molecular weight is 496 g/mol. The fourth-order valence-corrected chi connectivity index (χ4v) is 5.72. The lowest BCUT2D eigenvalue weighted by molar-refractivity contribution is -0.0328. The van der Waals surface area contributed by atoms with E-state index in [1.165, 1.54) is 0 Å². The average Bonchev–Trinajstić information content (AvgIpc) is 3.34. The van der Waals surface area contributed by atoms with Gasteiger partial charge in [-0.05, 0) is 57.2 Å². The smallest absolute Gasteiger partial charge is 0.408 e. The molecule has 2 aliphatic rings. The van der Waals surface area contributed by atoms with Gasteiger partial charge >= 0.3 is 6.09 Å². The minimum absolute atomic E-state index is 0.309. The van der Waals surface area contributed by atoms with E-state index in [9.17, 15) is 9.90 Å². The van der Waals surface area contributed by atoms with Gasteiger partial charge in [-0.2, -0.15) is 0 Å². The first-order valence-electron chi connectivity index (χ1n) is 12.5. The summed E-state index contributed by atoms with van der Waals surface area (Å²) in [6, 6.07) is 20.4. The van der Waals surface area contributed by atoms with Crippen molar-refractivity contribution in [1.82, 2.24) is 24.6 Å². The van der Waals surface area contributed by atoms with Gasteiger partial charge in [-0.3, -0.25) is 9.47 Å². The van der Waals surface area contributed by atoms with Crippen LogP contribution < -0.4 is 4.74 Å². The Balaban J connectivity index is 1.46. The summed E-state index contributed by atoms with van der Waals surface area (Å²) in [5.74, 6) is 1.27. The molecule has 0 bridgehead atoms. The van der Waals surface area contributed by atoms with Gasteiger partial charge in [0.2, 0.25) is 5.88 Å². The number of nitrogens with zero attached hydrogens (tertiary/aromatic N) is 5. The van der Waals surface area contributed by atoms with E-state index in [1.807, 2.05) is 55.7 Å². The summed E-state index contributed by atoms with van der Waals surface area (Å²) >= 11 is 0. The number of pyridine rings is 1. The van der Waals surface area contributed by atoms with Gasteiger partial charge in [0, 0.05) is 16.7 Å². The molecule has 8 nitrogen and oxygen atoms in total. The first kappa shape index (κ1) is 23.2. The zero-order chi connectivity index (χ0) is 25.8. The maximum atomic E-state index is 12.3. The fourth-order valence-electron chi connectivity index (χ4n) is 5.72. The molecule has 8 heteroatoms. The maximum Gasteiger partial charge on any atom is 0.408 e. The molecule has 1 aliphatic heterocycles. The molecule has 1 N–H and O–H groups in total. The molecule has 0 spiro atoms. The minimum atomic E-state index is -0.885. The topological polar surface area (TPSA) is 93.4 Å². The van der Waals surface area contributed by atoms with Crippen LogP contribution in [0.4, 0.5) is 4.79 Å². The Labute approximate surface area is 215 Å². The molecule has 2 aromatic carbocycles. The van der Waals surface area contributed by atoms with Crippen LogP contribution in [0.3, 0.4) is 0 Å². The van der Waals surface area contributed by atoms with Gasteiger partial charge in [-0.15, -0.1) is 10.2 Å². The lowest BCUT2D eigenvalue weighted by Crippen LogP contribution is -2.60. The lowest BCUT2D eigenvalue weighted by Gasteiger charge is -2.54. The number of benzene rings is 2. The van der Waals surface area contributed by atoms with Gasteiger partial charge in [0.25, 0.3) is 0 Å². The highest BCUT2D eigenvalue weighted by Crippen LogP contribution is 2.50. The SMILES string of the molecule is CC(C)(C)N(C(=O)O)C1(c2ccc(-c3nc4c(cc3-c3ccccc3)-n3cnnc3CO4)cc2)CCC1. The normalized spacial score (nSPS) is 15.6. The van der Waals surface area contributed by atoms with Crippen LogP contribution in [0.15, 0.2) is 67.0 Å². The van der Waals surface area contributed by atoms with Gasteiger partial charge in [-0.25, -0.2) is 9.78 Å². The van der Waals surface area contributed by atoms with E-state index in [4.69, 9.17) is 9.72 Å². The Morgan fingerprint density at radius 2 is 1.78 bits per heavy atom. The van der Waals surface area contributed by atoms with Crippen LogP contribution in [0.2, 0.25) is 0 Å². The molecule has 2 aromatic heterocycles. The molecule has 6 rings (SSSR count). The number of hydrogen-bond acceptors (Lipinski definition) is 5. The summed E-state index contributed by atoms with van der Waals surface area (Å²) in [5, 5.41) is 18.3. The molecule has 1 aliphatic carbocycles. The third-order valence-electron chi connectivity index (χ3n) is 7.44. The summed E-state index contributed by atoms with van der Waals surface area (Å²) < 4.78 is 7.87. The van der Waals surface area contributed by atoms with Crippen molar-refractivity contribution in [2.75, 3.05) is 0 Å². The highest BCUT2D eigenvalue weighted by Gasteiger charge is 2.50. The maximum absolute atomic E-state index is 12.3. The van der Waals surface area contributed by atoms with Crippen LogP contribution in [-0.2, 0) is 12.1 Å². The number of amides is 1. The van der Waals surface area contributed by atoms with Gasteiger partial charge in [0.05, 0.1) is 11.2 Å². The van der Waals surface area contributed by atoms with Crippen molar-refractivity contribution >= 4 is 6.09 Å². The Hall–Kier alpha value is -4.20. The Morgan fingerprint density at radius 3 is 2.41 bits per heavy atom. The van der Waals surface area contributed by atoms with Crippen LogP contribution in [0.5, 0.6) is 5.88 Å². The standard InChI is InChI=1S/C29H29N5O3/c1-28(2,3)34(27(35)36)29(14-7-15-29)21-12-10-20(11-13-21)25-22(19-8-5-4-6-9-19)16-23-26(31-25)37-17-24-32-30-18-33(23)24/h4-6,8-13,16,18H,7,14-15,17H2,1-3H3,(H,35,36). The van der Waals surface area contributed by atoms with E-state index in [-0.39, 0.29) is 0 Å². The largest absolute Gasteiger partial charge is 0.468 e. The molecule has 0 unspecified atom stereocenters. The molecule has 0 saturated heterocycles. The summed E-state index contributed by atoms with van der Waals surface area (Å²) in [6.07, 6.45) is 3.44. The Kier molecular flexibility index (Phi) is 5.29. The minimum Gasteiger partial charge on any atom is -0.468 e. The summed E-state index contributed by atoms with van der Waals surface area (Å²) in [6.45, 7) is 6.18. The Bertz CT molecular complexity index is 1470. The number of rotatable bonds is 4. The number of hydrogen-bond donors (Lipinski definition) is 1. The van der Waals surface area contributed by atoms with Crippen molar-refractivity contribution in [3.8, 4) is 34.0 Å². The van der Waals surface area contributed by atoms with Crippen LogP contribution in [0.25, 0.3) is 28.1 Å². The Morgan fingerprint density at radius 1 is 1.05 bits per heavy atom. The molecular weight excluding hydrogens is 466 g/mol. The van der Waals surface area contributed by atoms with Crippen molar-refractivity contribution in [2.45, 2.75) is 57.7 Å². The van der Waals surface area contributed by atoms with Crippen molar-refractivity contribution in [3.05, 3.63) is 78.4 Å². The molecule has 37 heavy (non-hydrogen) atoms. The first-order chi connectivity index (χ1) is 17.8. The van der Waals surface area contributed by atoms with Crippen LogP contribution in [0.1, 0.15) is 51.4 Å². The van der Waals surface area contributed by atoms with E-state index < -0.39 is 17.2 Å². The molecular formula is C29H29N5O3. The van der Waals surface area contributed by atoms with E-state index in [0.717, 1.165) is 58.7 Å². The van der Waals surface area contributed by atoms with Crippen LogP contribution >= 0.6 is 0 Å². The van der Waals surface area contributed by atoms with E-state index in [2.05, 4.69) is 40.5 Å². The fraction of sp³-hybridized carbons (Fsp3) is 0.310. The van der Waals surface area contributed by atoms with Crippen LogP contribution in [-0.4, -0.2) is 41.4 Å². The second-order valence-corrected chi connectivity index (χ2v) is 10.7. The number of aromatic nitrogens is 4. The van der Waals surface area contributed by atoms with Gasteiger partial charge in [0.1, 0.15) is 12.0 Å². The molecule has 3 heterocycles. The van der Waals surface area contributed by atoms with E-state index in [1.54, 1.807) is 11.2 Å². The lowest BCUT2D eigenvalue weighted by atomic mass is 9.69. The summed E-state index contributed by atoms with van der Waals surface area (Å²) in [7, 11) is 0. The second-order valence-electron chi connectivity index (χ2n) is 10.7. The molecule has 188 valence electrons. The van der Waals surface area contributed by atoms with Crippen molar-refractivity contribution in [3.63, 3.8) is 0 Å². The number of carboxylic acid groups (broad SMARTS) is 1. The summed E-state index contributed by atoms with van der Waals surface area (Å²) in [4.78, 5) is 18.9. The van der Waals surface area contributed by atoms with Crippen molar-refractivity contribution in [2.24, 2.45) is 0 Å². The predicted molar refractivity (Wildman–Crippen MR) is 140 cm³/mol. The predicted octanol–water partition coefficient (Wildman–Crippen LogP) is 6.05. The summed E-state index contributed by atoms with van der Waals surface area (Å²) in [5.41, 5.74) is 4.56. The molecule has 1 fully saturated rings. The van der Waals surface area contributed by atoms with Crippen molar-refractivity contribution < 1.29 is 14.6 Å². The molecule has 0 radical (unpaired) electrons. The molecule has 0 atom stereocenters. The van der Waals surface area contributed by atoms with Gasteiger partial charge in [-0.1, -0.05) is 54.6 Å². The van der Waals surface area contributed by atoms with Crippen molar-refractivity contribution in [1.29, 1.82) is 0 Å². The molecule has 1 amide bonds. The molecule has 1 saturated carbocycles. The van der Waals surface area contributed by atoms with Gasteiger partial charge < -0.3 is 9.84 Å². The number of carbonyl (C=O) groups is 1. The van der Waals surface area contributed by atoms with E-state index in [0.29, 0.717) is 12.5 Å². The monoisotopic (exact) mass is 495 g/mol. The zero-order valence-electron chi connectivity index (χ0n) is 21.2. The van der Waals surface area contributed by atoms with E-state index >= 15 is 0 Å². The second kappa shape index (κ2) is 8.44. The quantitative estimate of drug-likeness (QED) is 0.371. The highest BCUT2D eigenvalue weighted by molar-refractivity contribution is 5.83. The zero-order valence-corrected chi connectivity index (χ0v) is 21.2. The molecule has 4 aromatic rings. The van der Waals surface area contributed by atoms with Crippen LogP contribution in [0, 0.1) is 0 Å². The number of fused-ring (bicyclic) bond motifs is 3. The third kappa shape index (κ3) is 3.75. The number of ether oxygens (including phenoxy) is 1. The highest BCUT2D eigenvalue weighted by atomic mass is 16.5.